The Kier molecular flexibility index (Phi) is 4.82. The SMILES string of the molecule is Fc1cc(Cl)ccc1C(Br)Cc1ccc(Br)cc1. The molecule has 1 unspecified atom stereocenters. The molecule has 94 valence electrons. The van der Waals surface area contributed by atoms with Crippen molar-refractivity contribution >= 4 is 43.5 Å². The second-order valence-corrected chi connectivity index (χ2v) is 6.42. The third-order valence-electron chi connectivity index (χ3n) is 2.63. The summed E-state index contributed by atoms with van der Waals surface area (Å²) < 4.78 is 14.8. The van der Waals surface area contributed by atoms with Crippen LogP contribution in [0.25, 0.3) is 0 Å². The van der Waals surface area contributed by atoms with Crippen molar-refractivity contribution in [3.8, 4) is 0 Å². The average molecular weight is 392 g/mol. The van der Waals surface area contributed by atoms with E-state index in [1.807, 2.05) is 24.3 Å². The molecule has 0 aromatic heterocycles. The summed E-state index contributed by atoms with van der Waals surface area (Å²) in [4.78, 5) is -0.0593. The molecule has 0 N–H and O–H groups in total. The molecule has 1 atom stereocenters. The van der Waals surface area contributed by atoms with Crippen LogP contribution < -0.4 is 0 Å². The second kappa shape index (κ2) is 6.18. The van der Waals surface area contributed by atoms with Gasteiger partial charge in [0.05, 0.1) is 0 Å². The molecular weight excluding hydrogens is 382 g/mol. The van der Waals surface area contributed by atoms with E-state index in [0.29, 0.717) is 10.6 Å². The lowest BCUT2D eigenvalue weighted by atomic mass is 10.0. The summed E-state index contributed by atoms with van der Waals surface area (Å²) in [7, 11) is 0. The Morgan fingerprint density at radius 2 is 1.78 bits per heavy atom. The van der Waals surface area contributed by atoms with Gasteiger partial charge in [-0.05, 0) is 36.2 Å². The zero-order valence-corrected chi connectivity index (χ0v) is 13.3. The van der Waals surface area contributed by atoms with E-state index in [4.69, 9.17) is 11.6 Å². The number of rotatable bonds is 3. The highest BCUT2D eigenvalue weighted by atomic mass is 79.9. The summed E-state index contributed by atoms with van der Waals surface area (Å²) in [5.41, 5.74) is 1.77. The Bertz CT molecular complexity index is 540. The van der Waals surface area contributed by atoms with Crippen LogP contribution in [0.3, 0.4) is 0 Å². The van der Waals surface area contributed by atoms with Crippen LogP contribution in [-0.2, 0) is 6.42 Å². The molecule has 0 aliphatic carbocycles. The van der Waals surface area contributed by atoms with Crippen LogP contribution in [0.1, 0.15) is 16.0 Å². The second-order valence-electron chi connectivity index (χ2n) is 3.96. The monoisotopic (exact) mass is 390 g/mol. The lowest BCUT2D eigenvalue weighted by Crippen LogP contribution is -1.98. The first-order chi connectivity index (χ1) is 8.56. The summed E-state index contributed by atoms with van der Waals surface area (Å²) in [5, 5.41) is 0.416. The van der Waals surface area contributed by atoms with Crippen molar-refractivity contribution in [2.75, 3.05) is 0 Å². The normalized spacial score (nSPS) is 12.4. The van der Waals surface area contributed by atoms with Crippen LogP contribution in [0.4, 0.5) is 4.39 Å². The molecule has 0 fully saturated rings. The fourth-order valence-corrected chi connectivity index (χ4v) is 2.86. The number of alkyl halides is 1. The van der Waals surface area contributed by atoms with Crippen LogP contribution in [0.2, 0.25) is 5.02 Å². The third-order valence-corrected chi connectivity index (χ3v) is 4.21. The molecule has 0 saturated carbocycles. The fraction of sp³-hybridized carbons (Fsp3) is 0.143. The first kappa shape index (κ1) is 14.0. The Labute approximate surface area is 127 Å². The first-order valence-corrected chi connectivity index (χ1v) is 7.48. The van der Waals surface area contributed by atoms with Crippen LogP contribution in [0, 0.1) is 5.82 Å². The lowest BCUT2D eigenvalue weighted by Gasteiger charge is -2.11. The van der Waals surface area contributed by atoms with E-state index < -0.39 is 0 Å². The maximum atomic E-state index is 13.7. The van der Waals surface area contributed by atoms with Crippen molar-refractivity contribution in [1.82, 2.24) is 0 Å². The quantitative estimate of drug-likeness (QED) is 0.569. The Morgan fingerprint density at radius 3 is 2.39 bits per heavy atom. The van der Waals surface area contributed by atoms with E-state index in [1.165, 1.54) is 6.07 Å². The molecule has 2 aromatic carbocycles. The number of hydrogen-bond acceptors (Lipinski definition) is 0. The Hall–Kier alpha value is -0.380. The molecule has 0 aliphatic rings. The maximum absolute atomic E-state index is 13.7. The minimum absolute atomic E-state index is 0.0593. The van der Waals surface area contributed by atoms with Crippen LogP contribution in [0.5, 0.6) is 0 Å². The largest absolute Gasteiger partial charge is 0.207 e. The van der Waals surface area contributed by atoms with E-state index in [2.05, 4.69) is 31.9 Å². The van der Waals surface area contributed by atoms with Crippen molar-refractivity contribution in [3.05, 3.63) is 68.9 Å². The van der Waals surface area contributed by atoms with E-state index >= 15 is 0 Å². The van der Waals surface area contributed by atoms with E-state index in [0.717, 1.165) is 16.5 Å². The van der Waals surface area contributed by atoms with Gasteiger partial charge in [0.15, 0.2) is 0 Å². The summed E-state index contributed by atoms with van der Waals surface area (Å²) in [6.45, 7) is 0. The predicted octanol–water partition coefficient (Wildman–Crippen LogP) is 5.92. The highest BCUT2D eigenvalue weighted by Crippen LogP contribution is 2.30. The van der Waals surface area contributed by atoms with Gasteiger partial charge >= 0.3 is 0 Å². The van der Waals surface area contributed by atoms with Gasteiger partial charge in [0.2, 0.25) is 0 Å². The summed E-state index contributed by atoms with van der Waals surface area (Å²) in [5.74, 6) is -0.276. The summed E-state index contributed by atoms with van der Waals surface area (Å²) in [6.07, 6.45) is 0.728. The van der Waals surface area contributed by atoms with Gasteiger partial charge in [-0.25, -0.2) is 4.39 Å². The molecule has 0 heterocycles. The minimum atomic E-state index is -0.276. The standard InChI is InChI=1S/C14H10Br2ClF/c15-10-3-1-9(2-4-10)7-13(16)12-6-5-11(17)8-14(12)18/h1-6,8,13H,7H2. The molecule has 0 amide bonds. The molecule has 2 aromatic rings. The van der Waals surface area contributed by atoms with Gasteiger partial charge in [-0.1, -0.05) is 61.7 Å². The average Bonchev–Trinajstić information content (AvgIpc) is 2.32. The Balaban J connectivity index is 2.16. The first-order valence-electron chi connectivity index (χ1n) is 5.40. The van der Waals surface area contributed by atoms with Crippen LogP contribution in [0.15, 0.2) is 46.9 Å². The van der Waals surface area contributed by atoms with Gasteiger partial charge in [-0.2, -0.15) is 0 Å². The van der Waals surface area contributed by atoms with Crippen molar-refractivity contribution in [3.63, 3.8) is 0 Å². The molecule has 0 spiro atoms. The minimum Gasteiger partial charge on any atom is -0.207 e. The van der Waals surface area contributed by atoms with Crippen LogP contribution in [-0.4, -0.2) is 0 Å². The Morgan fingerprint density at radius 1 is 1.11 bits per heavy atom. The zero-order chi connectivity index (χ0) is 13.1. The molecule has 2 rings (SSSR count). The number of halogens is 4. The third kappa shape index (κ3) is 3.56. The molecule has 0 nitrogen and oxygen atoms in total. The summed E-state index contributed by atoms with van der Waals surface area (Å²) in [6, 6.07) is 12.8. The molecule has 18 heavy (non-hydrogen) atoms. The molecule has 0 aliphatic heterocycles. The molecule has 0 saturated heterocycles. The van der Waals surface area contributed by atoms with Crippen molar-refractivity contribution in [2.45, 2.75) is 11.2 Å². The maximum Gasteiger partial charge on any atom is 0.129 e. The zero-order valence-electron chi connectivity index (χ0n) is 9.34. The fourth-order valence-electron chi connectivity index (χ4n) is 1.69. The predicted molar refractivity (Wildman–Crippen MR) is 80.9 cm³/mol. The smallest absolute Gasteiger partial charge is 0.129 e. The van der Waals surface area contributed by atoms with Crippen LogP contribution >= 0.6 is 43.5 Å². The summed E-state index contributed by atoms with van der Waals surface area (Å²) >= 11 is 12.7. The topological polar surface area (TPSA) is 0 Å². The van der Waals surface area contributed by atoms with Crippen molar-refractivity contribution in [1.29, 1.82) is 0 Å². The molecular formula is C14H10Br2ClF. The van der Waals surface area contributed by atoms with Gasteiger partial charge in [0, 0.05) is 19.9 Å². The van der Waals surface area contributed by atoms with Gasteiger partial charge in [-0.15, -0.1) is 0 Å². The van der Waals surface area contributed by atoms with Crippen molar-refractivity contribution in [2.24, 2.45) is 0 Å². The molecule has 0 bridgehead atoms. The number of hydrogen-bond donors (Lipinski definition) is 0. The highest BCUT2D eigenvalue weighted by Gasteiger charge is 2.13. The number of benzene rings is 2. The molecule has 4 heteroatoms. The van der Waals surface area contributed by atoms with Crippen molar-refractivity contribution < 1.29 is 4.39 Å². The molecule has 0 radical (unpaired) electrons. The van der Waals surface area contributed by atoms with E-state index in [-0.39, 0.29) is 10.6 Å². The van der Waals surface area contributed by atoms with E-state index in [1.54, 1.807) is 12.1 Å². The van der Waals surface area contributed by atoms with E-state index in [9.17, 15) is 4.39 Å². The van der Waals surface area contributed by atoms with Gasteiger partial charge in [0.1, 0.15) is 5.82 Å². The van der Waals surface area contributed by atoms with Gasteiger partial charge in [0.25, 0.3) is 0 Å². The van der Waals surface area contributed by atoms with Gasteiger partial charge < -0.3 is 0 Å². The lowest BCUT2D eigenvalue weighted by molar-refractivity contribution is 0.608. The highest BCUT2D eigenvalue weighted by molar-refractivity contribution is 9.10. The van der Waals surface area contributed by atoms with Gasteiger partial charge in [-0.3, -0.25) is 0 Å².